The van der Waals surface area contributed by atoms with Gasteiger partial charge in [0.05, 0.1) is 12.9 Å². The molecule has 2 amide bonds. The number of carbonyl (C=O) groups is 2. The molecule has 10 nitrogen and oxygen atoms in total. The fourth-order valence-electron chi connectivity index (χ4n) is 3.77. The Morgan fingerprint density at radius 1 is 1.11 bits per heavy atom. The van der Waals surface area contributed by atoms with Crippen LogP contribution in [0.3, 0.4) is 0 Å². The Hall–Kier alpha value is -3.51. The minimum Gasteiger partial charge on any atom is -0.496 e. The maximum Gasteiger partial charge on any atom is 0.253 e. The number of hydrogen-bond acceptors (Lipinski definition) is 8. The van der Waals surface area contributed by atoms with Crippen LogP contribution in [0.15, 0.2) is 47.6 Å². The Bertz CT molecular complexity index is 1180. The van der Waals surface area contributed by atoms with E-state index in [1.807, 2.05) is 0 Å². The molecule has 3 aromatic rings. The highest BCUT2D eigenvalue weighted by Crippen LogP contribution is 2.22. The highest BCUT2D eigenvalue weighted by atomic mass is 32.2. The number of hydrogen-bond donors (Lipinski definition) is 1. The molecule has 0 saturated carbocycles. The summed E-state index contributed by atoms with van der Waals surface area (Å²) in [4.78, 5) is 29.1. The largest absolute Gasteiger partial charge is 0.496 e. The predicted molar refractivity (Wildman–Crippen MR) is 129 cm³/mol. The Morgan fingerprint density at radius 3 is 2.51 bits per heavy atom. The highest BCUT2D eigenvalue weighted by molar-refractivity contribution is 7.99. The first-order chi connectivity index (χ1) is 16.9. The third-order valence-corrected chi connectivity index (χ3v) is 6.64. The molecule has 4 rings (SSSR count). The number of aryl methyl sites for hydroxylation is 1. The third-order valence-electron chi connectivity index (χ3n) is 5.63. The van der Waals surface area contributed by atoms with Crippen molar-refractivity contribution >= 4 is 29.3 Å². The van der Waals surface area contributed by atoms with E-state index in [0.717, 1.165) is 5.56 Å². The second-order valence-corrected chi connectivity index (χ2v) is 8.97. The van der Waals surface area contributed by atoms with Crippen molar-refractivity contribution in [3.8, 4) is 5.75 Å². The topological polar surface area (TPSA) is 105 Å². The number of tetrazole rings is 1. The molecule has 0 aliphatic carbocycles. The number of benzene rings is 2. The lowest BCUT2D eigenvalue weighted by Crippen LogP contribution is -2.48. The van der Waals surface area contributed by atoms with E-state index in [-0.39, 0.29) is 23.4 Å². The van der Waals surface area contributed by atoms with Gasteiger partial charge in [-0.05, 0) is 52.9 Å². The van der Waals surface area contributed by atoms with Crippen LogP contribution in [-0.4, -0.2) is 80.9 Å². The third kappa shape index (κ3) is 6.34. The Kier molecular flexibility index (Phi) is 7.93. The Morgan fingerprint density at radius 2 is 1.86 bits per heavy atom. The van der Waals surface area contributed by atoms with Gasteiger partial charge in [0.25, 0.3) is 5.91 Å². The summed E-state index contributed by atoms with van der Waals surface area (Å²) < 4.78 is 20.5. The summed E-state index contributed by atoms with van der Waals surface area (Å²) >= 11 is 1.24. The average molecular weight is 500 g/mol. The van der Waals surface area contributed by atoms with Crippen LogP contribution in [0.2, 0.25) is 0 Å². The molecule has 1 fully saturated rings. The van der Waals surface area contributed by atoms with Crippen molar-refractivity contribution in [2.75, 3.05) is 44.4 Å². The first-order valence-corrected chi connectivity index (χ1v) is 12.0. The molecule has 1 aromatic heterocycles. The summed E-state index contributed by atoms with van der Waals surface area (Å²) in [6.07, 6.45) is 0. The lowest BCUT2D eigenvalue weighted by Gasteiger charge is -2.35. The van der Waals surface area contributed by atoms with Gasteiger partial charge in [-0.2, -0.15) is 0 Å². The summed E-state index contributed by atoms with van der Waals surface area (Å²) in [6.45, 7) is 3.06. The molecule has 1 saturated heterocycles. The summed E-state index contributed by atoms with van der Waals surface area (Å²) in [5.41, 5.74) is 1.96. The lowest BCUT2D eigenvalue weighted by atomic mass is 10.1. The molecule has 35 heavy (non-hydrogen) atoms. The summed E-state index contributed by atoms with van der Waals surface area (Å²) in [7, 11) is 3.28. The molecule has 0 atom stereocenters. The van der Waals surface area contributed by atoms with Crippen molar-refractivity contribution in [3.63, 3.8) is 0 Å². The minimum absolute atomic E-state index is 0.0591. The number of nitrogens with one attached hydrogen (secondary N) is 1. The van der Waals surface area contributed by atoms with E-state index in [1.165, 1.54) is 28.6 Å². The van der Waals surface area contributed by atoms with Crippen molar-refractivity contribution in [1.29, 1.82) is 0 Å². The van der Waals surface area contributed by atoms with E-state index in [1.54, 1.807) is 49.4 Å². The van der Waals surface area contributed by atoms with Gasteiger partial charge < -0.3 is 15.0 Å². The number of methoxy groups -OCH3 is 1. The van der Waals surface area contributed by atoms with Crippen LogP contribution < -0.4 is 10.1 Å². The second kappa shape index (κ2) is 11.3. The van der Waals surface area contributed by atoms with Gasteiger partial charge in [0, 0.05) is 56.6 Å². The number of piperazine rings is 1. The zero-order valence-corrected chi connectivity index (χ0v) is 20.3. The number of halogens is 1. The fourth-order valence-corrected chi connectivity index (χ4v) is 4.42. The van der Waals surface area contributed by atoms with Gasteiger partial charge in [-0.1, -0.05) is 11.8 Å². The average Bonchev–Trinajstić information content (AvgIpc) is 3.28. The van der Waals surface area contributed by atoms with E-state index in [2.05, 4.69) is 25.7 Å². The molecular formula is C23H26FN7O3S. The van der Waals surface area contributed by atoms with Crippen LogP contribution in [0, 0.1) is 5.82 Å². The van der Waals surface area contributed by atoms with Crippen molar-refractivity contribution in [2.24, 2.45) is 7.05 Å². The predicted octanol–water partition coefficient (Wildman–Crippen LogP) is 2.05. The number of amides is 2. The van der Waals surface area contributed by atoms with Gasteiger partial charge in [-0.25, -0.2) is 9.07 Å². The lowest BCUT2D eigenvalue weighted by molar-refractivity contribution is -0.113. The Labute approximate surface area is 206 Å². The second-order valence-electron chi connectivity index (χ2n) is 8.02. The van der Waals surface area contributed by atoms with E-state index >= 15 is 0 Å². The van der Waals surface area contributed by atoms with Crippen LogP contribution in [0.1, 0.15) is 15.9 Å². The molecule has 0 bridgehead atoms. The van der Waals surface area contributed by atoms with E-state index in [9.17, 15) is 14.0 Å². The Balaban J connectivity index is 1.26. The number of rotatable bonds is 8. The standard InChI is InChI=1S/C23H26FN7O3S/c1-29-23(26-27-28-29)35-15-21(32)25-19-6-3-16(4-7-19)22(33)31-11-9-30(10-12-31)14-17-13-18(24)5-8-20(17)34-2/h3-8,13H,9-12,14-15H2,1-2H3,(H,25,32). The van der Waals surface area contributed by atoms with Gasteiger partial charge in [-0.15, -0.1) is 5.10 Å². The number of carbonyl (C=O) groups excluding carboxylic acids is 2. The van der Waals surface area contributed by atoms with Crippen LogP contribution in [0.5, 0.6) is 5.75 Å². The minimum atomic E-state index is -0.296. The molecule has 1 aliphatic heterocycles. The molecule has 0 radical (unpaired) electrons. The molecule has 12 heteroatoms. The number of anilines is 1. The van der Waals surface area contributed by atoms with Gasteiger partial charge in [-0.3, -0.25) is 14.5 Å². The van der Waals surface area contributed by atoms with Crippen LogP contribution in [0.25, 0.3) is 0 Å². The van der Waals surface area contributed by atoms with Crippen LogP contribution in [-0.2, 0) is 18.4 Å². The maximum atomic E-state index is 13.6. The number of nitrogens with zero attached hydrogens (tertiary/aromatic N) is 6. The first kappa shape index (κ1) is 24.6. The van der Waals surface area contributed by atoms with Crippen molar-refractivity contribution in [1.82, 2.24) is 30.0 Å². The molecule has 2 aromatic carbocycles. The fraction of sp³-hybridized carbons (Fsp3) is 0.348. The van der Waals surface area contributed by atoms with Crippen LogP contribution in [0.4, 0.5) is 10.1 Å². The molecular weight excluding hydrogens is 473 g/mol. The molecule has 184 valence electrons. The zero-order chi connectivity index (χ0) is 24.8. The quantitative estimate of drug-likeness (QED) is 0.470. The van der Waals surface area contributed by atoms with Crippen molar-refractivity contribution in [3.05, 3.63) is 59.4 Å². The van der Waals surface area contributed by atoms with Crippen LogP contribution >= 0.6 is 11.8 Å². The molecule has 2 heterocycles. The van der Waals surface area contributed by atoms with E-state index in [4.69, 9.17) is 4.74 Å². The zero-order valence-electron chi connectivity index (χ0n) is 19.5. The highest BCUT2D eigenvalue weighted by Gasteiger charge is 2.23. The summed E-state index contributed by atoms with van der Waals surface area (Å²) in [5, 5.41) is 14.4. The van der Waals surface area contributed by atoms with Crippen molar-refractivity contribution < 1.29 is 18.7 Å². The van der Waals surface area contributed by atoms with E-state index in [0.29, 0.717) is 54.9 Å². The normalized spacial score (nSPS) is 14.1. The van der Waals surface area contributed by atoms with Gasteiger partial charge in [0.15, 0.2) is 0 Å². The van der Waals surface area contributed by atoms with E-state index < -0.39 is 0 Å². The molecule has 1 aliphatic rings. The smallest absolute Gasteiger partial charge is 0.253 e. The van der Waals surface area contributed by atoms with Gasteiger partial charge in [0.2, 0.25) is 11.1 Å². The first-order valence-electron chi connectivity index (χ1n) is 11.0. The van der Waals surface area contributed by atoms with Gasteiger partial charge in [0.1, 0.15) is 11.6 Å². The van der Waals surface area contributed by atoms with Crippen molar-refractivity contribution in [2.45, 2.75) is 11.7 Å². The maximum absolute atomic E-state index is 13.6. The number of aromatic nitrogens is 4. The molecule has 1 N–H and O–H groups in total. The number of thioether (sulfide) groups is 1. The monoisotopic (exact) mass is 499 g/mol. The summed E-state index contributed by atoms with van der Waals surface area (Å²) in [6, 6.07) is 11.3. The molecule has 0 spiro atoms. The number of ether oxygens (including phenoxy) is 1. The summed E-state index contributed by atoms with van der Waals surface area (Å²) in [5.74, 6) is 0.275. The van der Waals surface area contributed by atoms with Gasteiger partial charge >= 0.3 is 0 Å². The molecule has 0 unspecified atom stereocenters. The SMILES string of the molecule is COc1ccc(F)cc1CN1CCN(C(=O)c2ccc(NC(=O)CSc3nnnn3C)cc2)CC1.